The van der Waals surface area contributed by atoms with E-state index in [4.69, 9.17) is 4.74 Å². The predicted molar refractivity (Wildman–Crippen MR) is 95.6 cm³/mol. The summed E-state index contributed by atoms with van der Waals surface area (Å²) in [5.41, 5.74) is 2.35. The molecule has 23 heavy (non-hydrogen) atoms. The van der Waals surface area contributed by atoms with Gasteiger partial charge in [-0.15, -0.1) is 0 Å². The number of benzene rings is 2. The van der Waals surface area contributed by atoms with Crippen LogP contribution in [0.5, 0.6) is 5.75 Å². The monoisotopic (exact) mass is 314 g/mol. The number of hydrogen-bond acceptors (Lipinski definition) is 1. The van der Waals surface area contributed by atoms with Crippen LogP contribution in [-0.2, 0) is 0 Å². The largest absolute Gasteiger partial charge is 0.493 e. The van der Waals surface area contributed by atoms with Crippen LogP contribution in [0.25, 0.3) is 11.1 Å². The topological polar surface area (TPSA) is 9.23 Å². The van der Waals surface area contributed by atoms with E-state index in [1.165, 1.54) is 18.4 Å². The number of rotatable bonds is 10. The molecule has 0 spiro atoms. The molecule has 2 aromatic rings. The number of halogens is 1. The highest BCUT2D eigenvalue weighted by molar-refractivity contribution is 5.63. The zero-order valence-corrected chi connectivity index (χ0v) is 14.0. The minimum absolute atomic E-state index is 0.444. The van der Waals surface area contributed by atoms with Gasteiger partial charge in [-0.2, -0.15) is 0 Å². The van der Waals surface area contributed by atoms with Crippen molar-refractivity contribution in [2.45, 2.75) is 51.6 Å². The van der Waals surface area contributed by atoms with Crippen LogP contribution in [0, 0.1) is 0 Å². The molecule has 0 aromatic heterocycles. The summed E-state index contributed by atoms with van der Waals surface area (Å²) in [7, 11) is 0. The maximum Gasteiger partial charge on any atom is 0.119 e. The summed E-state index contributed by atoms with van der Waals surface area (Å²) >= 11 is 0. The zero-order valence-electron chi connectivity index (χ0n) is 14.0. The molecule has 0 amide bonds. The second kappa shape index (κ2) is 10.0. The Hall–Kier alpha value is -1.83. The van der Waals surface area contributed by atoms with Gasteiger partial charge in [-0.3, -0.25) is 0 Å². The minimum Gasteiger partial charge on any atom is -0.493 e. The summed E-state index contributed by atoms with van der Waals surface area (Å²) in [6.07, 6.45) is 4.92. The predicted octanol–water partition coefficient (Wildman–Crippen LogP) is 6.43. The lowest BCUT2D eigenvalue weighted by Crippen LogP contribution is -2.07. The Bertz CT molecular complexity index is 536. The highest BCUT2D eigenvalue weighted by atomic mass is 19.1. The third-order valence-corrected chi connectivity index (χ3v) is 4.03. The lowest BCUT2D eigenvalue weighted by atomic mass is 10.1. The van der Waals surface area contributed by atoms with Gasteiger partial charge in [-0.1, -0.05) is 75.1 Å². The van der Waals surface area contributed by atoms with Gasteiger partial charge in [0.1, 0.15) is 11.9 Å². The number of hydrogen-bond donors (Lipinski definition) is 0. The van der Waals surface area contributed by atoms with E-state index in [1.807, 2.05) is 42.5 Å². The first-order valence-electron chi connectivity index (χ1n) is 8.72. The Kier molecular flexibility index (Phi) is 7.65. The average molecular weight is 314 g/mol. The van der Waals surface area contributed by atoms with Crippen molar-refractivity contribution in [3.8, 4) is 16.9 Å². The molecule has 2 rings (SSSR count). The number of ether oxygens (including phenoxy) is 1. The first-order chi connectivity index (χ1) is 11.3. The summed E-state index contributed by atoms with van der Waals surface area (Å²) in [6, 6.07) is 18.2. The van der Waals surface area contributed by atoms with Crippen molar-refractivity contribution in [1.82, 2.24) is 0 Å². The van der Waals surface area contributed by atoms with Crippen LogP contribution in [0.3, 0.4) is 0 Å². The van der Waals surface area contributed by atoms with Crippen molar-refractivity contribution in [3.63, 3.8) is 0 Å². The first kappa shape index (κ1) is 17.5. The van der Waals surface area contributed by atoms with Crippen molar-refractivity contribution >= 4 is 0 Å². The van der Waals surface area contributed by atoms with E-state index in [-0.39, 0.29) is 0 Å². The molecule has 0 radical (unpaired) electrons. The van der Waals surface area contributed by atoms with Gasteiger partial charge in [0.15, 0.2) is 0 Å². The van der Waals surface area contributed by atoms with E-state index in [2.05, 4.69) is 19.1 Å². The molecular formula is C21H27FO. The Morgan fingerprint density at radius 3 is 2.22 bits per heavy atom. The fourth-order valence-corrected chi connectivity index (χ4v) is 2.62. The van der Waals surface area contributed by atoms with Gasteiger partial charge < -0.3 is 4.74 Å². The van der Waals surface area contributed by atoms with Crippen LogP contribution in [0.4, 0.5) is 4.39 Å². The van der Waals surface area contributed by atoms with Gasteiger partial charge >= 0.3 is 0 Å². The molecule has 0 N–H and O–H groups in total. The minimum atomic E-state index is -0.740. The van der Waals surface area contributed by atoms with Crippen molar-refractivity contribution in [2.75, 3.05) is 6.61 Å². The molecule has 124 valence electrons. The first-order valence-corrected chi connectivity index (χ1v) is 8.72. The van der Waals surface area contributed by atoms with Gasteiger partial charge in [0.05, 0.1) is 6.61 Å². The molecule has 1 atom stereocenters. The normalized spacial score (nSPS) is 12.1. The van der Waals surface area contributed by atoms with E-state index >= 15 is 0 Å². The van der Waals surface area contributed by atoms with Crippen molar-refractivity contribution in [2.24, 2.45) is 0 Å². The molecule has 0 saturated heterocycles. The molecule has 0 aliphatic heterocycles. The lowest BCUT2D eigenvalue weighted by molar-refractivity contribution is 0.222. The van der Waals surface area contributed by atoms with Crippen molar-refractivity contribution < 1.29 is 9.13 Å². The lowest BCUT2D eigenvalue weighted by Gasteiger charge is -2.10. The van der Waals surface area contributed by atoms with E-state index in [0.717, 1.165) is 24.2 Å². The fraction of sp³-hybridized carbons (Fsp3) is 0.429. The Labute approximate surface area is 139 Å². The molecule has 0 aliphatic rings. The SMILES string of the molecule is CCCCCCC(F)CCOc1ccc(-c2ccccc2)cc1. The van der Waals surface area contributed by atoms with Crippen LogP contribution < -0.4 is 4.74 Å². The zero-order chi connectivity index (χ0) is 16.3. The van der Waals surface area contributed by atoms with Gasteiger partial charge in [0.25, 0.3) is 0 Å². The molecule has 0 saturated carbocycles. The van der Waals surface area contributed by atoms with E-state index in [0.29, 0.717) is 19.4 Å². The van der Waals surface area contributed by atoms with Crippen molar-refractivity contribution in [1.29, 1.82) is 0 Å². The van der Waals surface area contributed by atoms with Gasteiger partial charge in [-0.25, -0.2) is 4.39 Å². The summed E-state index contributed by atoms with van der Waals surface area (Å²) in [5.74, 6) is 0.808. The van der Waals surface area contributed by atoms with Crippen LogP contribution in [0.2, 0.25) is 0 Å². The van der Waals surface area contributed by atoms with Crippen molar-refractivity contribution in [3.05, 3.63) is 54.6 Å². The second-order valence-electron chi connectivity index (χ2n) is 5.97. The molecule has 1 nitrogen and oxygen atoms in total. The van der Waals surface area contributed by atoms with Gasteiger partial charge in [-0.05, 0) is 29.7 Å². The molecule has 0 fully saturated rings. The van der Waals surface area contributed by atoms with E-state index in [1.54, 1.807) is 0 Å². The van der Waals surface area contributed by atoms with E-state index in [9.17, 15) is 4.39 Å². The molecule has 0 aliphatic carbocycles. The average Bonchev–Trinajstić information content (AvgIpc) is 2.60. The number of unbranched alkanes of at least 4 members (excludes halogenated alkanes) is 3. The smallest absolute Gasteiger partial charge is 0.119 e. The molecular weight excluding hydrogens is 287 g/mol. The number of alkyl halides is 1. The summed E-state index contributed by atoms with van der Waals surface area (Å²) in [4.78, 5) is 0. The summed E-state index contributed by atoms with van der Waals surface area (Å²) in [6.45, 7) is 2.61. The Balaban J connectivity index is 1.70. The van der Waals surface area contributed by atoms with E-state index < -0.39 is 6.17 Å². The fourth-order valence-electron chi connectivity index (χ4n) is 2.62. The highest BCUT2D eigenvalue weighted by Crippen LogP contribution is 2.22. The second-order valence-corrected chi connectivity index (χ2v) is 5.97. The van der Waals surface area contributed by atoms with Crippen LogP contribution in [0.1, 0.15) is 45.4 Å². The molecule has 2 heteroatoms. The molecule has 0 bridgehead atoms. The maximum atomic E-state index is 13.7. The molecule has 1 unspecified atom stereocenters. The van der Waals surface area contributed by atoms with Gasteiger partial charge in [0, 0.05) is 6.42 Å². The third-order valence-electron chi connectivity index (χ3n) is 4.03. The maximum absolute atomic E-state index is 13.7. The molecule has 0 heterocycles. The van der Waals surface area contributed by atoms with Gasteiger partial charge in [0.2, 0.25) is 0 Å². The molecule has 2 aromatic carbocycles. The quantitative estimate of drug-likeness (QED) is 0.459. The standard InChI is InChI=1S/C21H27FO/c1-2-3-4-8-11-20(22)16-17-23-21-14-12-19(13-15-21)18-9-6-5-7-10-18/h5-7,9-10,12-15,20H,2-4,8,11,16-17H2,1H3. The summed E-state index contributed by atoms with van der Waals surface area (Å²) in [5, 5.41) is 0. The Morgan fingerprint density at radius 2 is 1.52 bits per heavy atom. The summed E-state index contributed by atoms with van der Waals surface area (Å²) < 4.78 is 19.4. The Morgan fingerprint density at radius 1 is 0.826 bits per heavy atom. The van der Waals surface area contributed by atoms with Crippen LogP contribution in [0.15, 0.2) is 54.6 Å². The van der Waals surface area contributed by atoms with Crippen LogP contribution >= 0.6 is 0 Å². The highest BCUT2D eigenvalue weighted by Gasteiger charge is 2.06. The third kappa shape index (κ3) is 6.43. The van der Waals surface area contributed by atoms with Crippen LogP contribution in [-0.4, -0.2) is 12.8 Å².